The Bertz CT molecular complexity index is 1230. The lowest BCUT2D eigenvalue weighted by Crippen LogP contribution is -2.21. The Kier molecular flexibility index (Phi) is 4.95. The maximum atomic E-state index is 13.8. The van der Waals surface area contributed by atoms with Gasteiger partial charge in [0.1, 0.15) is 29.0 Å². The van der Waals surface area contributed by atoms with E-state index in [4.69, 9.17) is 15.2 Å². The molecule has 0 aliphatic carbocycles. The highest BCUT2D eigenvalue weighted by atomic mass is 19.1. The van der Waals surface area contributed by atoms with Gasteiger partial charge in [-0.3, -0.25) is 0 Å². The molecular formula is C24H17FN2O3. The Morgan fingerprint density at radius 1 is 1.13 bits per heavy atom. The van der Waals surface area contributed by atoms with E-state index in [0.717, 1.165) is 5.56 Å². The molecule has 5 nitrogen and oxygen atoms in total. The van der Waals surface area contributed by atoms with E-state index < -0.39 is 17.7 Å². The van der Waals surface area contributed by atoms with E-state index in [2.05, 4.69) is 6.07 Å². The summed E-state index contributed by atoms with van der Waals surface area (Å²) in [5, 5.41) is 9.58. The summed E-state index contributed by atoms with van der Waals surface area (Å²) in [5.74, 6) is -0.961. The molecule has 0 radical (unpaired) electrons. The summed E-state index contributed by atoms with van der Waals surface area (Å²) in [4.78, 5) is 12.4. The molecule has 0 aromatic heterocycles. The predicted octanol–water partition coefficient (Wildman–Crippen LogP) is 4.57. The molecule has 3 aromatic rings. The molecule has 0 bridgehead atoms. The van der Waals surface area contributed by atoms with Crippen molar-refractivity contribution in [1.29, 1.82) is 5.26 Å². The summed E-state index contributed by atoms with van der Waals surface area (Å²) in [6, 6.07) is 19.9. The van der Waals surface area contributed by atoms with E-state index in [1.54, 1.807) is 42.5 Å². The van der Waals surface area contributed by atoms with Crippen LogP contribution in [-0.2, 0) is 0 Å². The largest absolute Gasteiger partial charge is 0.440 e. The van der Waals surface area contributed by atoms with Crippen molar-refractivity contribution in [2.75, 3.05) is 0 Å². The number of esters is 1. The molecule has 1 aliphatic rings. The number of benzene rings is 3. The molecule has 0 fully saturated rings. The molecule has 1 unspecified atom stereocenters. The fourth-order valence-electron chi connectivity index (χ4n) is 3.47. The number of fused-ring (bicyclic) bond motifs is 1. The normalized spacial score (nSPS) is 15.0. The fraction of sp³-hybridized carbons (Fsp3) is 0.0833. The van der Waals surface area contributed by atoms with Gasteiger partial charge in [0, 0.05) is 11.6 Å². The zero-order valence-corrected chi connectivity index (χ0v) is 16.1. The van der Waals surface area contributed by atoms with Gasteiger partial charge in [-0.1, -0.05) is 35.9 Å². The summed E-state index contributed by atoms with van der Waals surface area (Å²) >= 11 is 0. The number of aryl methyl sites for hydroxylation is 1. The minimum absolute atomic E-state index is 0.0681. The number of ether oxygens (including phenoxy) is 2. The maximum absolute atomic E-state index is 13.8. The van der Waals surface area contributed by atoms with Crippen LogP contribution < -0.4 is 15.2 Å². The lowest BCUT2D eigenvalue weighted by Gasteiger charge is -2.26. The molecular weight excluding hydrogens is 383 g/mol. The Morgan fingerprint density at radius 2 is 1.93 bits per heavy atom. The van der Waals surface area contributed by atoms with Gasteiger partial charge in [0.15, 0.2) is 0 Å². The third-order valence-corrected chi connectivity index (χ3v) is 4.84. The number of halogens is 1. The van der Waals surface area contributed by atoms with E-state index >= 15 is 0 Å². The number of carbonyl (C=O) groups excluding carboxylic acids is 1. The van der Waals surface area contributed by atoms with Crippen molar-refractivity contribution in [2.45, 2.75) is 12.8 Å². The minimum atomic E-state index is -0.587. The van der Waals surface area contributed by atoms with Crippen LogP contribution in [0.3, 0.4) is 0 Å². The molecule has 30 heavy (non-hydrogen) atoms. The standard InChI is InChI=1S/C24H17FN2O3/c1-14-4-2-6-16(10-14)24(28)29-18-8-9-19-21(12-18)30-23(27)20(13-26)22(19)15-5-3-7-17(25)11-15/h2-12,22H,27H2,1H3. The Morgan fingerprint density at radius 3 is 2.67 bits per heavy atom. The number of carbonyl (C=O) groups is 1. The highest BCUT2D eigenvalue weighted by Gasteiger charge is 2.31. The number of allylic oxidation sites excluding steroid dienone is 1. The van der Waals surface area contributed by atoms with Gasteiger partial charge in [-0.15, -0.1) is 0 Å². The molecule has 3 aromatic carbocycles. The summed E-state index contributed by atoms with van der Waals surface area (Å²) in [7, 11) is 0. The van der Waals surface area contributed by atoms with Crippen molar-refractivity contribution in [2.24, 2.45) is 5.73 Å². The van der Waals surface area contributed by atoms with Crippen molar-refractivity contribution in [3.05, 3.63) is 106 Å². The topological polar surface area (TPSA) is 85.3 Å². The van der Waals surface area contributed by atoms with E-state index in [1.165, 1.54) is 18.2 Å². The number of nitrogens with zero attached hydrogens (tertiary/aromatic N) is 1. The number of nitriles is 1. The summed E-state index contributed by atoms with van der Waals surface area (Å²) in [5.41, 5.74) is 8.72. The Labute approximate surface area is 172 Å². The van der Waals surface area contributed by atoms with Crippen LogP contribution in [0.15, 0.2) is 78.2 Å². The van der Waals surface area contributed by atoms with Gasteiger partial charge in [0.05, 0.1) is 11.5 Å². The first-order valence-electron chi connectivity index (χ1n) is 9.22. The van der Waals surface area contributed by atoms with Gasteiger partial charge in [-0.2, -0.15) is 5.26 Å². The average molecular weight is 400 g/mol. The average Bonchev–Trinajstić information content (AvgIpc) is 2.72. The Balaban J connectivity index is 1.70. The molecule has 148 valence electrons. The highest BCUT2D eigenvalue weighted by molar-refractivity contribution is 5.91. The third kappa shape index (κ3) is 3.61. The zero-order valence-electron chi connectivity index (χ0n) is 16.1. The van der Waals surface area contributed by atoms with Crippen LogP contribution in [0, 0.1) is 24.1 Å². The molecule has 0 saturated carbocycles. The van der Waals surface area contributed by atoms with Crippen LogP contribution in [-0.4, -0.2) is 5.97 Å². The van der Waals surface area contributed by atoms with Crippen molar-refractivity contribution in [3.8, 4) is 17.6 Å². The smallest absolute Gasteiger partial charge is 0.343 e. The van der Waals surface area contributed by atoms with Crippen LogP contribution in [0.1, 0.15) is 33.0 Å². The molecule has 0 saturated heterocycles. The second-order valence-electron chi connectivity index (χ2n) is 6.94. The molecule has 6 heteroatoms. The van der Waals surface area contributed by atoms with Gasteiger partial charge >= 0.3 is 5.97 Å². The summed E-state index contributed by atoms with van der Waals surface area (Å²) < 4.78 is 24.9. The Hall–Kier alpha value is -4.11. The fourth-order valence-corrected chi connectivity index (χ4v) is 3.47. The zero-order chi connectivity index (χ0) is 21.3. The third-order valence-electron chi connectivity index (χ3n) is 4.84. The minimum Gasteiger partial charge on any atom is -0.440 e. The molecule has 0 spiro atoms. The lowest BCUT2D eigenvalue weighted by molar-refractivity contribution is 0.0734. The molecule has 0 amide bonds. The first kappa shape index (κ1) is 19.2. The van der Waals surface area contributed by atoms with Crippen LogP contribution in [0.25, 0.3) is 0 Å². The van der Waals surface area contributed by atoms with Gasteiger partial charge in [-0.25, -0.2) is 9.18 Å². The van der Waals surface area contributed by atoms with E-state index in [0.29, 0.717) is 22.4 Å². The first-order chi connectivity index (χ1) is 14.5. The molecule has 2 N–H and O–H groups in total. The predicted molar refractivity (Wildman–Crippen MR) is 108 cm³/mol. The van der Waals surface area contributed by atoms with E-state index in [1.807, 2.05) is 13.0 Å². The second-order valence-corrected chi connectivity index (χ2v) is 6.94. The van der Waals surface area contributed by atoms with Crippen LogP contribution in [0.4, 0.5) is 4.39 Å². The van der Waals surface area contributed by atoms with Crippen molar-refractivity contribution < 1.29 is 18.7 Å². The van der Waals surface area contributed by atoms with Crippen molar-refractivity contribution >= 4 is 5.97 Å². The van der Waals surface area contributed by atoms with Crippen LogP contribution >= 0.6 is 0 Å². The quantitative estimate of drug-likeness (QED) is 0.514. The SMILES string of the molecule is Cc1cccc(C(=O)Oc2ccc3c(c2)OC(N)=C(C#N)C3c2cccc(F)c2)c1. The number of hydrogen-bond acceptors (Lipinski definition) is 5. The highest BCUT2D eigenvalue weighted by Crippen LogP contribution is 2.43. The number of rotatable bonds is 3. The van der Waals surface area contributed by atoms with Gasteiger partial charge < -0.3 is 15.2 Å². The van der Waals surface area contributed by atoms with Gasteiger partial charge in [-0.05, 0) is 42.8 Å². The van der Waals surface area contributed by atoms with E-state index in [-0.39, 0.29) is 17.2 Å². The van der Waals surface area contributed by atoms with Crippen LogP contribution in [0.5, 0.6) is 11.5 Å². The van der Waals surface area contributed by atoms with E-state index in [9.17, 15) is 14.4 Å². The first-order valence-corrected chi connectivity index (χ1v) is 9.22. The molecule has 1 atom stereocenters. The molecule has 1 aliphatic heterocycles. The molecule has 1 heterocycles. The lowest BCUT2D eigenvalue weighted by atomic mass is 9.83. The summed E-state index contributed by atoms with van der Waals surface area (Å²) in [6.45, 7) is 1.89. The van der Waals surface area contributed by atoms with Gasteiger partial charge in [0.2, 0.25) is 5.88 Å². The molecule has 4 rings (SSSR count). The van der Waals surface area contributed by atoms with Crippen molar-refractivity contribution in [1.82, 2.24) is 0 Å². The van der Waals surface area contributed by atoms with Crippen LogP contribution in [0.2, 0.25) is 0 Å². The number of nitrogens with two attached hydrogens (primary N) is 1. The maximum Gasteiger partial charge on any atom is 0.343 e. The van der Waals surface area contributed by atoms with Crippen molar-refractivity contribution in [3.63, 3.8) is 0 Å². The second kappa shape index (κ2) is 7.72. The summed E-state index contributed by atoms with van der Waals surface area (Å²) in [6.07, 6.45) is 0. The number of hydrogen-bond donors (Lipinski definition) is 1. The monoisotopic (exact) mass is 400 g/mol. The van der Waals surface area contributed by atoms with Gasteiger partial charge in [0.25, 0.3) is 0 Å².